The van der Waals surface area contributed by atoms with Gasteiger partial charge in [0.2, 0.25) is 0 Å². The summed E-state index contributed by atoms with van der Waals surface area (Å²) in [6.45, 7) is -2.80. The Balaban J connectivity index is 1.87. The van der Waals surface area contributed by atoms with Gasteiger partial charge in [-0.25, -0.2) is 4.98 Å². The van der Waals surface area contributed by atoms with Crippen LogP contribution in [-0.4, -0.2) is 9.55 Å². The zero-order chi connectivity index (χ0) is 32.1. The van der Waals surface area contributed by atoms with E-state index in [-0.39, 0.29) is 32.8 Å². The quantitative estimate of drug-likeness (QED) is 0.244. The molecule has 0 radical (unpaired) electrons. The molecule has 0 saturated heterocycles. The van der Waals surface area contributed by atoms with Crippen molar-refractivity contribution in [1.29, 1.82) is 0 Å². The summed E-state index contributed by atoms with van der Waals surface area (Å²) in [4.78, 5) is 4.39. The summed E-state index contributed by atoms with van der Waals surface area (Å²) in [7, 11) is 0. The third-order valence-corrected chi connectivity index (χ3v) is 6.17. The molecule has 0 aliphatic carbocycles. The lowest BCUT2D eigenvalue weighted by Gasteiger charge is -2.19. The minimum atomic E-state index is -2.80. The van der Waals surface area contributed by atoms with Crippen molar-refractivity contribution in [2.75, 3.05) is 0 Å². The Kier molecular flexibility index (Phi) is 2.39. The molecule has 0 bridgehead atoms. The molecule has 34 heavy (non-hydrogen) atoms. The summed E-state index contributed by atoms with van der Waals surface area (Å²) < 4.78 is 97.3. The van der Waals surface area contributed by atoms with E-state index >= 15 is 0 Å². The molecule has 6 aromatic carbocycles. The van der Waals surface area contributed by atoms with Gasteiger partial charge in [0.1, 0.15) is 5.82 Å². The van der Waals surface area contributed by atoms with Crippen LogP contribution in [0.2, 0.25) is 0 Å². The number of benzene rings is 6. The van der Waals surface area contributed by atoms with E-state index in [1.54, 1.807) is 30.3 Å². The second-order valence-corrected chi connectivity index (χ2v) is 8.05. The van der Waals surface area contributed by atoms with Crippen LogP contribution in [0.4, 0.5) is 0 Å². The predicted octanol–water partition coefficient (Wildman–Crippen LogP) is 8.46. The number of para-hydroxylation sites is 2. The third kappa shape index (κ3) is 2.72. The third-order valence-electron chi connectivity index (χ3n) is 6.17. The zero-order valence-corrected chi connectivity index (χ0v) is 17.7. The maximum absolute atomic E-state index is 9.13. The van der Waals surface area contributed by atoms with Gasteiger partial charge in [-0.15, -0.1) is 0 Å². The standard InChI is InChI=1S/C32H22N2/c1-21-33-29-16-8-9-17-30(29)34(21)32-27-14-6-4-12-25(27)31(26-13-5-7-15-28(26)32)24-19-18-22-10-2-3-11-23(22)20-24/h2-20H,1H3/i1D3,4D,5D,6D,7D,12D,13D,14D,15D. The van der Waals surface area contributed by atoms with Crippen LogP contribution in [0.15, 0.2) is 115 Å². The lowest BCUT2D eigenvalue weighted by molar-refractivity contribution is 1.02. The molecular formula is C32H22N2. The molecule has 0 spiro atoms. The molecule has 0 aliphatic rings. The lowest BCUT2D eigenvalue weighted by Crippen LogP contribution is -2.01. The van der Waals surface area contributed by atoms with Crippen LogP contribution < -0.4 is 0 Å². The molecule has 7 aromatic rings. The van der Waals surface area contributed by atoms with Crippen LogP contribution in [0.1, 0.15) is 20.9 Å². The van der Waals surface area contributed by atoms with Crippen LogP contribution >= 0.6 is 0 Å². The Bertz CT molecular complexity index is 2330. The Hall–Kier alpha value is -4.43. The van der Waals surface area contributed by atoms with E-state index in [0.717, 1.165) is 10.8 Å². The maximum atomic E-state index is 9.13. The molecule has 7 rings (SSSR count). The van der Waals surface area contributed by atoms with Crippen LogP contribution in [0.3, 0.4) is 0 Å². The normalized spacial score (nSPS) is 16.6. The molecule has 1 heterocycles. The van der Waals surface area contributed by atoms with E-state index in [9.17, 15) is 0 Å². The molecular weight excluding hydrogens is 412 g/mol. The topological polar surface area (TPSA) is 17.8 Å². The van der Waals surface area contributed by atoms with Crippen molar-refractivity contribution in [2.24, 2.45) is 0 Å². The second kappa shape index (κ2) is 7.29. The molecule has 0 unspecified atom stereocenters. The van der Waals surface area contributed by atoms with Gasteiger partial charge in [-0.2, -0.15) is 0 Å². The lowest BCUT2D eigenvalue weighted by atomic mass is 9.89. The molecule has 2 heteroatoms. The second-order valence-electron chi connectivity index (χ2n) is 8.05. The number of hydrogen-bond acceptors (Lipinski definition) is 1. The highest BCUT2D eigenvalue weighted by Crippen LogP contribution is 2.42. The summed E-state index contributed by atoms with van der Waals surface area (Å²) in [5.41, 5.74) is 1.14. The van der Waals surface area contributed by atoms with E-state index in [1.165, 1.54) is 4.57 Å². The molecule has 1 aromatic heterocycles. The number of fused-ring (bicyclic) bond motifs is 4. The first kappa shape index (κ1) is 11.1. The van der Waals surface area contributed by atoms with E-state index in [0.29, 0.717) is 16.6 Å². The first-order valence-corrected chi connectivity index (χ1v) is 10.8. The molecule has 0 aliphatic heterocycles. The van der Waals surface area contributed by atoms with Crippen molar-refractivity contribution in [2.45, 2.75) is 6.85 Å². The highest BCUT2D eigenvalue weighted by Gasteiger charge is 2.19. The fourth-order valence-electron chi connectivity index (χ4n) is 4.71. The van der Waals surface area contributed by atoms with Gasteiger partial charge in [-0.3, -0.25) is 4.57 Å². The minimum absolute atomic E-state index is 0.00177. The molecule has 2 nitrogen and oxygen atoms in total. The highest BCUT2D eigenvalue weighted by atomic mass is 15.1. The van der Waals surface area contributed by atoms with E-state index in [2.05, 4.69) is 4.98 Å². The summed E-state index contributed by atoms with van der Waals surface area (Å²) in [6.07, 6.45) is 0. The average Bonchev–Trinajstić information content (AvgIpc) is 3.43. The van der Waals surface area contributed by atoms with E-state index < -0.39 is 61.0 Å². The first-order valence-electron chi connectivity index (χ1n) is 16.3. The van der Waals surface area contributed by atoms with Gasteiger partial charge in [-0.1, -0.05) is 96.9 Å². The molecule has 160 valence electrons. The predicted molar refractivity (Wildman–Crippen MR) is 144 cm³/mol. The maximum Gasteiger partial charge on any atom is 0.111 e. The molecule has 0 saturated carbocycles. The Morgan fingerprint density at radius 1 is 0.706 bits per heavy atom. The molecule has 0 amide bonds. The van der Waals surface area contributed by atoms with Crippen molar-refractivity contribution < 1.29 is 15.1 Å². The van der Waals surface area contributed by atoms with Crippen LogP contribution in [0.5, 0.6) is 0 Å². The molecule has 0 N–H and O–H groups in total. The zero-order valence-electron chi connectivity index (χ0n) is 28.7. The van der Waals surface area contributed by atoms with Crippen molar-refractivity contribution >= 4 is 43.4 Å². The number of aromatic nitrogens is 2. The van der Waals surface area contributed by atoms with E-state index in [1.807, 2.05) is 36.4 Å². The van der Waals surface area contributed by atoms with Gasteiger partial charge < -0.3 is 0 Å². The Morgan fingerprint density at radius 2 is 1.35 bits per heavy atom. The number of hydrogen-bond donors (Lipinski definition) is 0. The highest BCUT2D eigenvalue weighted by molar-refractivity contribution is 6.19. The van der Waals surface area contributed by atoms with Gasteiger partial charge in [-0.05, 0) is 57.7 Å². The number of rotatable bonds is 2. The van der Waals surface area contributed by atoms with Crippen molar-refractivity contribution in [1.82, 2.24) is 9.55 Å². The van der Waals surface area contributed by atoms with Gasteiger partial charge in [0.05, 0.1) is 27.7 Å². The van der Waals surface area contributed by atoms with Gasteiger partial charge in [0.25, 0.3) is 0 Å². The molecule has 0 fully saturated rings. The molecule has 0 atom stereocenters. The minimum Gasteiger partial charge on any atom is -0.295 e. The van der Waals surface area contributed by atoms with Crippen LogP contribution in [0.25, 0.3) is 60.2 Å². The summed E-state index contributed by atoms with van der Waals surface area (Å²) in [5, 5.41) is 1.54. The fraction of sp³-hybridized carbons (Fsp3) is 0.0312. The SMILES string of the molecule is [2H]c1c([2H])c([2H])c2c(-n3c(C([2H])([2H])[2H])nc4ccccc43)c3c([2H])c([2H])c([2H])c([2H])c3c(-c3ccc4ccccc4c3)c2c1[2H]. The Morgan fingerprint density at radius 3 is 2.09 bits per heavy atom. The van der Waals surface area contributed by atoms with Crippen LogP contribution in [-0.2, 0) is 0 Å². The Labute approximate surface area is 213 Å². The van der Waals surface area contributed by atoms with Gasteiger partial charge in [0, 0.05) is 14.9 Å². The van der Waals surface area contributed by atoms with Gasteiger partial charge in [0.15, 0.2) is 0 Å². The number of nitrogens with zero attached hydrogens (tertiary/aromatic N) is 2. The first-order chi connectivity index (χ1) is 21.3. The fourth-order valence-corrected chi connectivity index (χ4v) is 4.71. The van der Waals surface area contributed by atoms with E-state index in [4.69, 9.17) is 15.1 Å². The summed E-state index contributed by atoms with van der Waals surface area (Å²) in [5.74, 6) is -0.412. The average molecular weight is 446 g/mol. The summed E-state index contributed by atoms with van der Waals surface area (Å²) >= 11 is 0. The van der Waals surface area contributed by atoms with Crippen molar-refractivity contribution in [3.05, 3.63) is 121 Å². The number of imidazole rings is 1. The smallest absolute Gasteiger partial charge is 0.111 e. The van der Waals surface area contributed by atoms with Crippen molar-refractivity contribution in [3.63, 3.8) is 0 Å². The number of aryl methyl sites for hydroxylation is 1. The van der Waals surface area contributed by atoms with Crippen LogP contribution in [0, 0.1) is 6.85 Å². The largest absolute Gasteiger partial charge is 0.295 e. The van der Waals surface area contributed by atoms with Crippen molar-refractivity contribution in [3.8, 4) is 16.8 Å². The van der Waals surface area contributed by atoms with Gasteiger partial charge >= 0.3 is 0 Å². The summed E-state index contributed by atoms with van der Waals surface area (Å²) in [6, 6.07) is 15.5. The monoisotopic (exact) mass is 445 g/mol.